The summed E-state index contributed by atoms with van der Waals surface area (Å²) >= 11 is 0. The molecule has 0 unspecified atom stereocenters. The minimum Gasteiger partial charge on any atom is -0.378 e. The van der Waals surface area contributed by atoms with E-state index in [9.17, 15) is 5.11 Å². The molecule has 0 bridgehead atoms. The van der Waals surface area contributed by atoms with E-state index in [4.69, 9.17) is 6.42 Å². The van der Waals surface area contributed by atoms with Crippen LogP contribution in [0, 0.1) is 23.7 Å². The average molecular weight is 194 g/mol. The minimum absolute atomic E-state index is 0.399. The Bertz CT molecular complexity index is 226. The first-order valence-corrected chi connectivity index (χ1v) is 5.64. The van der Waals surface area contributed by atoms with Crippen LogP contribution in [0.4, 0.5) is 0 Å². The van der Waals surface area contributed by atoms with E-state index >= 15 is 0 Å². The molecule has 0 aromatic rings. The normalized spacial score (nSPS) is 33.8. The zero-order valence-electron chi connectivity index (χ0n) is 9.64. The number of hydrogen-bond acceptors (Lipinski definition) is 1. The molecule has 1 aliphatic rings. The van der Waals surface area contributed by atoms with Crippen LogP contribution in [-0.4, -0.2) is 10.7 Å². The van der Waals surface area contributed by atoms with Crippen molar-refractivity contribution in [2.75, 3.05) is 0 Å². The van der Waals surface area contributed by atoms with Gasteiger partial charge in [-0.25, -0.2) is 0 Å². The molecule has 1 rings (SSSR count). The number of hydrogen-bond donors (Lipinski definition) is 1. The SMILES string of the molecule is C#C[C@]1(O)CC[C@@H](C(C)(C)CC)CC1. The third kappa shape index (κ3) is 2.30. The van der Waals surface area contributed by atoms with Crippen molar-refractivity contribution in [2.45, 2.75) is 58.5 Å². The quantitative estimate of drug-likeness (QED) is 0.670. The van der Waals surface area contributed by atoms with Crippen LogP contribution < -0.4 is 0 Å². The largest absolute Gasteiger partial charge is 0.378 e. The molecular formula is C13H22O. The van der Waals surface area contributed by atoms with Crippen LogP contribution in [0.1, 0.15) is 52.9 Å². The lowest BCUT2D eigenvalue weighted by molar-refractivity contribution is 0.0164. The van der Waals surface area contributed by atoms with Gasteiger partial charge in [-0.15, -0.1) is 6.42 Å². The summed E-state index contributed by atoms with van der Waals surface area (Å²) in [6.45, 7) is 6.87. The lowest BCUT2D eigenvalue weighted by Gasteiger charge is -2.40. The fraction of sp³-hybridized carbons (Fsp3) is 0.846. The molecule has 0 atom stereocenters. The Morgan fingerprint density at radius 3 is 2.29 bits per heavy atom. The molecule has 0 radical (unpaired) electrons. The molecule has 1 heteroatoms. The Morgan fingerprint density at radius 2 is 1.93 bits per heavy atom. The second-order valence-corrected chi connectivity index (χ2v) is 5.29. The van der Waals surface area contributed by atoms with Crippen molar-refractivity contribution < 1.29 is 5.11 Å². The molecule has 1 aliphatic carbocycles. The molecule has 0 aromatic heterocycles. The lowest BCUT2D eigenvalue weighted by Crippen LogP contribution is -2.36. The minimum atomic E-state index is -0.805. The predicted octanol–water partition coefficient (Wildman–Crippen LogP) is 2.98. The van der Waals surface area contributed by atoms with E-state index in [1.165, 1.54) is 6.42 Å². The summed E-state index contributed by atoms with van der Waals surface area (Å²) in [6, 6.07) is 0. The fourth-order valence-electron chi connectivity index (χ4n) is 2.31. The molecule has 0 spiro atoms. The van der Waals surface area contributed by atoms with Crippen molar-refractivity contribution in [3.05, 3.63) is 0 Å². The highest BCUT2D eigenvalue weighted by atomic mass is 16.3. The van der Waals surface area contributed by atoms with Gasteiger partial charge in [0.25, 0.3) is 0 Å². The van der Waals surface area contributed by atoms with Gasteiger partial charge in [-0.1, -0.05) is 33.1 Å². The molecule has 1 saturated carbocycles. The summed E-state index contributed by atoms with van der Waals surface area (Å²) in [5, 5.41) is 9.90. The van der Waals surface area contributed by atoms with Crippen LogP contribution in [0.3, 0.4) is 0 Å². The van der Waals surface area contributed by atoms with Crippen molar-refractivity contribution in [2.24, 2.45) is 11.3 Å². The standard InChI is InChI=1S/C13H22O/c1-5-12(3,4)11-7-9-13(14,6-2)10-8-11/h2,11,14H,5,7-10H2,1,3-4H3/t11-,13+. The Balaban J connectivity index is 2.56. The van der Waals surface area contributed by atoms with Gasteiger partial charge in [-0.2, -0.15) is 0 Å². The molecule has 0 amide bonds. The molecule has 14 heavy (non-hydrogen) atoms. The van der Waals surface area contributed by atoms with E-state index in [1.54, 1.807) is 0 Å². The first kappa shape index (κ1) is 11.6. The first-order chi connectivity index (χ1) is 6.43. The van der Waals surface area contributed by atoms with Gasteiger partial charge in [0.15, 0.2) is 0 Å². The highest BCUT2D eigenvalue weighted by Gasteiger charge is 2.37. The third-order valence-corrected chi connectivity index (χ3v) is 4.10. The van der Waals surface area contributed by atoms with E-state index in [-0.39, 0.29) is 0 Å². The molecule has 0 heterocycles. The molecule has 1 nitrogen and oxygen atoms in total. The van der Waals surface area contributed by atoms with Crippen LogP contribution in [0.15, 0.2) is 0 Å². The van der Waals surface area contributed by atoms with Gasteiger partial charge in [-0.3, -0.25) is 0 Å². The topological polar surface area (TPSA) is 20.2 Å². The molecule has 0 aliphatic heterocycles. The van der Waals surface area contributed by atoms with Crippen molar-refractivity contribution >= 4 is 0 Å². The number of aliphatic hydroxyl groups is 1. The van der Waals surface area contributed by atoms with Crippen molar-refractivity contribution in [3.63, 3.8) is 0 Å². The smallest absolute Gasteiger partial charge is 0.125 e. The molecule has 1 fully saturated rings. The second-order valence-electron chi connectivity index (χ2n) is 5.29. The third-order valence-electron chi connectivity index (χ3n) is 4.10. The van der Waals surface area contributed by atoms with E-state index in [0.717, 1.165) is 31.6 Å². The molecule has 1 N–H and O–H groups in total. The Hall–Kier alpha value is -0.480. The Labute approximate surface area is 87.9 Å². The van der Waals surface area contributed by atoms with Crippen LogP contribution in [-0.2, 0) is 0 Å². The second kappa shape index (κ2) is 3.95. The summed E-state index contributed by atoms with van der Waals surface area (Å²) in [7, 11) is 0. The van der Waals surface area contributed by atoms with Gasteiger partial charge in [0.2, 0.25) is 0 Å². The van der Waals surface area contributed by atoms with Gasteiger partial charge in [0.1, 0.15) is 5.60 Å². The van der Waals surface area contributed by atoms with E-state index in [0.29, 0.717) is 5.41 Å². The Kier molecular flexibility index (Phi) is 3.27. The van der Waals surface area contributed by atoms with Gasteiger partial charge in [0.05, 0.1) is 0 Å². The predicted molar refractivity (Wildman–Crippen MR) is 59.8 cm³/mol. The zero-order chi connectivity index (χ0) is 10.8. The summed E-state index contributed by atoms with van der Waals surface area (Å²) in [4.78, 5) is 0. The van der Waals surface area contributed by atoms with Crippen molar-refractivity contribution in [1.29, 1.82) is 0 Å². The maximum absolute atomic E-state index is 9.90. The van der Waals surface area contributed by atoms with Gasteiger partial charge >= 0.3 is 0 Å². The number of terminal acetylenes is 1. The number of rotatable bonds is 2. The average Bonchev–Trinajstić information content (AvgIpc) is 2.19. The van der Waals surface area contributed by atoms with E-state index < -0.39 is 5.60 Å². The summed E-state index contributed by atoms with van der Waals surface area (Å²) < 4.78 is 0. The fourth-order valence-corrected chi connectivity index (χ4v) is 2.31. The van der Waals surface area contributed by atoms with Gasteiger partial charge in [-0.05, 0) is 37.0 Å². The zero-order valence-corrected chi connectivity index (χ0v) is 9.64. The van der Waals surface area contributed by atoms with E-state index in [2.05, 4.69) is 26.7 Å². The van der Waals surface area contributed by atoms with Crippen LogP contribution in [0.2, 0.25) is 0 Å². The molecular weight excluding hydrogens is 172 g/mol. The highest BCUT2D eigenvalue weighted by Crippen LogP contribution is 2.43. The van der Waals surface area contributed by atoms with Crippen molar-refractivity contribution in [1.82, 2.24) is 0 Å². The summed E-state index contributed by atoms with van der Waals surface area (Å²) in [6.07, 6.45) is 10.2. The van der Waals surface area contributed by atoms with Crippen molar-refractivity contribution in [3.8, 4) is 12.3 Å². The van der Waals surface area contributed by atoms with E-state index in [1.807, 2.05) is 0 Å². The molecule has 80 valence electrons. The lowest BCUT2D eigenvalue weighted by atomic mass is 9.66. The summed E-state index contributed by atoms with van der Waals surface area (Å²) in [5.41, 5.74) is -0.406. The van der Waals surface area contributed by atoms with Crippen LogP contribution >= 0.6 is 0 Å². The Morgan fingerprint density at radius 1 is 1.43 bits per heavy atom. The maximum Gasteiger partial charge on any atom is 0.125 e. The molecule has 0 saturated heterocycles. The maximum atomic E-state index is 9.90. The first-order valence-electron chi connectivity index (χ1n) is 5.64. The van der Waals surface area contributed by atoms with Gasteiger partial charge in [0, 0.05) is 0 Å². The molecule has 0 aromatic carbocycles. The summed E-state index contributed by atoms with van der Waals surface area (Å²) in [5.74, 6) is 3.25. The monoisotopic (exact) mass is 194 g/mol. The highest BCUT2D eigenvalue weighted by molar-refractivity contribution is 5.09. The van der Waals surface area contributed by atoms with Gasteiger partial charge < -0.3 is 5.11 Å². The van der Waals surface area contributed by atoms with Crippen LogP contribution in [0.25, 0.3) is 0 Å². The van der Waals surface area contributed by atoms with Crippen LogP contribution in [0.5, 0.6) is 0 Å².